The fourth-order valence-corrected chi connectivity index (χ4v) is 2.94. The van der Waals surface area contributed by atoms with E-state index in [2.05, 4.69) is 10.2 Å². The number of aromatic nitrogens is 2. The van der Waals surface area contributed by atoms with Crippen molar-refractivity contribution in [2.24, 2.45) is 0 Å². The summed E-state index contributed by atoms with van der Waals surface area (Å²) in [6, 6.07) is 2.45. The zero-order valence-corrected chi connectivity index (χ0v) is 10.2. The highest BCUT2D eigenvalue weighted by Crippen LogP contribution is 2.22. The molecule has 0 aliphatic rings. The van der Waals surface area contributed by atoms with Gasteiger partial charge in [-0.25, -0.2) is 8.78 Å². The molecule has 2 aromatic rings. The minimum Gasteiger partial charge on any atom is -0.374 e. The van der Waals surface area contributed by atoms with Gasteiger partial charge in [0.15, 0.2) is 0 Å². The summed E-state index contributed by atoms with van der Waals surface area (Å²) in [4.78, 5) is 0. The monoisotopic (exact) mass is 292 g/mol. The molecule has 1 heterocycles. The third-order valence-corrected chi connectivity index (χ3v) is 4.31. The van der Waals surface area contributed by atoms with Crippen molar-refractivity contribution < 1.29 is 17.2 Å². The quantitative estimate of drug-likeness (QED) is 0.885. The molecule has 0 saturated heterocycles. The molecule has 0 unspecified atom stereocenters. The van der Waals surface area contributed by atoms with Crippen LogP contribution in [0.25, 0.3) is 0 Å². The first-order valence-corrected chi connectivity index (χ1v) is 6.75. The third kappa shape index (κ3) is 2.54. The van der Waals surface area contributed by atoms with E-state index in [-0.39, 0.29) is 10.8 Å². The van der Waals surface area contributed by atoms with E-state index in [1.54, 1.807) is 0 Å². The van der Waals surface area contributed by atoms with Crippen LogP contribution in [0.3, 0.4) is 0 Å². The lowest BCUT2D eigenvalue weighted by molar-refractivity contribution is 0.582. The van der Waals surface area contributed by atoms with Gasteiger partial charge in [0, 0.05) is 6.07 Å². The summed E-state index contributed by atoms with van der Waals surface area (Å²) in [6.07, 6.45) is 0. The molecular formula is C8H6F2N4O2S2. The molecule has 0 saturated carbocycles. The molecule has 0 bridgehead atoms. The Morgan fingerprint density at radius 1 is 1.28 bits per heavy atom. The first-order valence-electron chi connectivity index (χ1n) is 4.45. The molecule has 0 aliphatic carbocycles. The minimum absolute atomic E-state index is 0.0325. The van der Waals surface area contributed by atoms with Gasteiger partial charge in [-0.05, 0) is 12.1 Å². The van der Waals surface area contributed by atoms with Gasteiger partial charge in [-0.3, -0.25) is 4.72 Å². The van der Waals surface area contributed by atoms with Crippen LogP contribution in [0.5, 0.6) is 0 Å². The van der Waals surface area contributed by atoms with Crippen molar-refractivity contribution in [2.75, 3.05) is 10.5 Å². The molecule has 0 aliphatic heterocycles. The molecule has 2 rings (SSSR count). The Balaban J connectivity index is 2.33. The number of benzene rings is 1. The van der Waals surface area contributed by atoms with E-state index in [1.165, 1.54) is 0 Å². The smallest absolute Gasteiger partial charge is 0.291 e. The normalized spacial score (nSPS) is 11.4. The number of hydrogen-bond acceptors (Lipinski definition) is 6. The Hall–Kier alpha value is -1.81. The van der Waals surface area contributed by atoms with Crippen LogP contribution in [0.2, 0.25) is 0 Å². The van der Waals surface area contributed by atoms with E-state index in [4.69, 9.17) is 5.73 Å². The van der Waals surface area contributed by atoms with Crippen molar-refractivity contribution in [3.63, 3.8) is 0 Å². The van der Waals surface area contributed by atoms with Gasteiger partial charge in [-0.2, -0.15) is 8.42 Å². The van der Waals surface area contributed by atoms with Crippen LogP contribution >= 0.6 is 11.3 Å². The fourth-order valence-electron chi connectivity index (χ4n) is 1.09. The van der Waals surface area contributed by atoms with Gasteiger partial charge in [0.1, 0.15) is 11.6 Å². The lowest BCUT2D eigenvalue weighted by Crippen LogP contribution is -2.13. The third-order valence-electron chi connectivity index (χ3n) is 1.83. The number of hydrogen-bond donors (Lipinski definition) is 2. The Labute approximate surface area is 105 Å². The van der Waals surface area contributed by atoms with Crippen LogP contribution in [-0.2, 0) is 10.0 Å². The van der Waals surface area contributed by atoms with Gasteiger partial charge in [0.2, 0.25) is 5.13 Å². The van der Waals surface area contributed by atoms with Gasteiger partial charge in [0.05, 0.1) is 5.69 Å². The Morgan fingerprint density at radius 3 is 2.56 bits per heavy atom. The highest BCUT2D eigenvalue weighted by atomic mass is 32.2. The summed E-state index contributed by atoms with van der Waals surface area (Å²) in [5, 5.41) is 6.63. The maximum Gasteiger partial charge on any atom is 0.291 e. The second kappa shape index (κ2) is 4.46. The first-order chi connectivity index (χ1) is 8.38. The first kappa shape index (κ1) is 12.6. The van der Waals surface area contributed by atoms with Crippen LogP contribution in [0.1, 0.15) is 0 Å². The van der Waals surface area contributed by atoms with Crippen LogP contribution in [0.15, 0.2) is 22.5 Å². The average molecular weight is 292 g/mol. The molecule has 3 N–H and O–H groups in total. The number of nitrogens with zero attached hydrogens (tertiary/aromatic N) is 2. The van der Waals surface area contributed by atoms with E-state index in [9.17, 15) is 17.2 Å². The number of nitrogens with two attached hydrogens (primary N) is 1. The van der Waals surface area contributed by atoms with Gasteiger partial charge in [-0.15, -0.1) is 10.2 Å². The molecule has 0 fully saturated rings. The number of nitrogens with one attached hydrogen (secondary N) is 1. The molecule has 0 atom stereocenters. The minimum atomic E-state index is -4.08. The Bertz CT molecular complexity index is 686. The predicted molar refractivity (Wildman–Crippen MR) is 61.5 cm³/mol. The number of anilines is 2. The molecule has 0 spiro atoms. The second-order valence-electron chi connectivity index (χ2n) is 3.14. The molecule has 18 heavy (non-hydrogen) atoms. The van der Waals surface area contributed by atoms with E-state index in [1.807, 2.05) is 4.72 Å². The average Bonchev–Trinajstić information content (AvgIpc) is 2.70. The Morgan fingerprint density at radius 2 is 2.00 bits per heavy atom. The second-order valence-corrected chi connectivity index (χ2v) is 6.00. The zero-order valence-electron chi connectivity index (χ0n) is 8.59. The zero-order chi connectivity index (χ0) is 13.3. The number of nitrogen functional groups attached to an aromatic ring is 1. The van der Waals surface area contributed by atoms with E-state index in [0.717, 1.165) is 12.1 Å². The van der Waals surface area contributed by atoms with Crippen molar-refractivity contribution in [1.29, 1.82) is 0 Å². The lowest BCUT2D eigenvalue weighted by atomic mass is 10.3. The van der Waals surface area contributed by atoms with Crippen molar-refractivity contribution >= 4 is 32.2 Å². The van der Waals surface area contributed by atoms with Gasteiger partial charge >= 0.3 is 0 Å². The molecule has 10 heteroatoms. The van der Waals surface area contributed by atoms with Crippen LogP contribution in [0, 0.1) is 11.6 Å². The molecule has 0 amide bonds. The van der Waals surface area contributed by atoms with Crippen LogP contribution < -0.4 is 10.5 Å². The summed E-state index contributed by atoms with van der Waals surface area (Å²) in [5.41, 5.74) is 4.86. The number of rotatable bonds is 3. The summed E-state index contributed by atoms with van der Waals surface area (Å²) in [5.74, 6) is -1.84. The summed E-state index contributed by atoms with van der Waals surface area (Å²) >= 11 is 0.632. The molecule has 1 aromatic heterocycles. The molecule has 6 nitrogen and oxygen atoms in total. The number of halogens is 2. The molecule has 96 valence electrons. The number of sulfonamides is 1. The van der Waals surface area contributed by atoms with Crippen LogP contribution in [0.4, 0.5) is 19.6 Å². The van der Waals surface area contributed by atoms with E-state index in [0.29, 0.717) is 17.4 Å². The lowest BCUT2D eigenvalue weighted by Gasteiger charge is -2.05. The maximum atomic E-state index is 13.3. The Kier molecular flexibility index (Phi) is 3.13. The van der Waals surface area contributed by atoms with Crippen molar-refractivity contribution in [1.82, 2.24) is 10.2 Å². The highest BCUT2D eigenvalue weighted by Gasteiger charge is 2.21. The van der Waals surface area contributed by atoms with E-state index >= 15 is 0 Å². The SMILES string of the molecule is Nc1nnc(S(=O)(=O)Nc2ccc(F)cc2F)s1. The van der Waals surface area contributed by atoms with Gasteiger partial charge in [-0.1, -0.05) is 11.3 Å². The van der Waals surface area contributed by atoms with Gasteiger partial charge < -0.3 is 5.73 Å². The summed E-state index contributed by atoms with van der Waals surface area (Å²) in [6.45, 7) is 0. The van der Waals surface area contributed by atoms with Gasteiger partial charge in [0.25, 0.3) is 14.4 Å². The topological polar surface area (TPSA) is 98.0 Å². The van der Waals surface area contributed by atoms with Crippen molar-refractivity contribution in [3.8, 4) is 0 Å². The van der Waals surface area contributed by atoms with Crippen molar-refractivity contribution in [3.05, 3.63) is 29.8 Å². The predicted octanol–water partition coefficient (Wildman–Crippen LogP) is 1.20. The largest absolute Gasteiger partial charge is 0.374 e. The molecular weight excluding hydrogens is 286 g/mol. The fraction of sp³-hybridized carbons (Fsp3) is 0. The van der Waals surface area contributed by atoms with Crippen molar-refractivity contribution in [2.45, 2.75) is 4.34 Å². The molecule has 1 aromatic carbocycles. The molecule has 0 radical (unpaired) electrons. The van der Waals surface area contributed by atoms with E-state index < -0.39 is 26.0 Å². The standard InChI is InChI=1S/C8H6F2N4O2S2/c9-4-1-2-6(5(10)3-4)14-18(15,16)8-13-12-7(11)17-8/h1-3,14H,(H2,11,12). The summed E-state index contributed by atoms with van der Waals surface area (Å²) < 4.78 is 50.9. The highest BCUT2D eigenvalue weighted by molar-refractivity contribution is 7.94. The van der Waals surface area contributed by atoms with Crippen LogP contribution in [-0.4, -0.2) is 18.6 Å². The summed E-state index contributed by atoms with van der Waals surface area (Å²) in [7, 11) is -4.08. The maximum absolute atomic E-state index is 13.3.